The van der Waals surface area contributed by atoms with Crippen LogP contribution in [0, 0.1) is 0 Å². The third-order valence-electron chi connectivity index (χ3n) is 3.45. The second kappa shape index (κ2) is 4.75. The molecule has 0 spiro atoms. The number of ether oxygens (including phenoxy) is 1. The topological polar surface area (TPSA) is 75.7 Å². The summed E-state index contributed by atoms with van der Waals surface area (Å²) in [6, 6.07) is 4.65. The van der Waals surface area contributed by atoms with Gasteiger partial charge in [0, 0.05) is 13.1 Å². The average molecular weight is 296 g/mol. The van der Waals surface area contributed by atoms with Crippen molar-refractivity contribution in [2.45, 2.75) is 30.2 Å². The van der Waals surface area contributed by atoms with E-state index in [0.717, 1.165) is 12.8 Å². The van der Waals surface area contributed by atoms with Gasteiger partial charge in [0.2, 0.25) is 15.9 Å². The van der Waals surface area contributed by atoms with Crippen molar-refractivity contribution in [1.82, 2.24) is 4.72 Å². The number of hydrogen-bond donors (Lipinski definition) is 1. The van der Waals surface area contributed by atoms with Crippen LogP contribution in [0.5, 0.6) is 5.75 Å². The van der Waals surface area contributed by atoms with Crippen molar-refractivity contribution in [3.05, 3.63) is 18.2 Å². The first-order chi connectivity index (χ1) is 9.47. The van der Waals surface area contributed by atoms with Gasteiger partial charge in [-0.25, -0.2) is 13.1 Å². The van der Waals surface area contributed by atoms with E-state index in [4.69, 9.17) is 4.74 Å². The Bertz CT molecular complexity index is 652. The molecule has 1 aliphatic carbocycles. The van der Waals surface area contributed by atoms with Crippen LogP contribution in [-0.2, 0) is 14.8 Å². The van der Waals surface area contributed by atoms with Crippen LogP contribution in [0.4, 0.5) is 5.69 Å². The van der Waals surface area contributed by atoms with Crippen molar-refractivity contribution in [1.29, 1.82) is 0 Å². The number of amides is 1. The molecule has 1 aromatic rings. The number of carbonyl (C=O) groups is 1. The highest BCUT2D eigenvalue weighted by atomic mass is 32.2. The maximum atomic E-state index is 12.2. The van der Waals surface area contributed by atoms with E-state index >= 15 is 0 Å². The molecule has 2 aliphatic rings. The fourth-order valence-electron chi connectivity index (χ4n) is 2.09. The summed E-state index contributed by atoms with van der Waals surface area (Å²) in [7, 11) is -1.90. The number of anilines is 1. The van der Waals surface area contributed by atoms with E-state index in [9.17, 15) is 13.2 Å². The number of nitrogens with one attached hydrogen (secondary N) is 1. The van der Waals surface area contributed by atoms with Gasteiger partial charge in [-0.2, -0.15) is 0 Å². The molecule has 1 aromatic carbocycles. The van der Waals surface area contributed by atoms with Gasteiger partial charge in [0.25, 0.3) is 0 Å². The smallest absolute Gasteiger partial charge is 0.240 e. The molecule has 1 heterocycles. The molecule has 1 saturated carbocycles. The van der Waals surface area contributed by atoms with E-state index < -0.39 is 10.0 Å². The molecule has 20 heavy (non-hydrogen) atoms. The lowest BCUT2D eigenvalue weighted by molar-refractivity contribution is -0.118. The van der Waals surface area contributed by atoms with Gasteiger partial charge in [0.1, 0.15) is 5.75 Å². The van der Waals surface area contributed by atoms with E-state index in [2.05, 4.69) is 4.72 Å². The molecule has 1 N–H and O–H groups in total. The largest absolute Gasteiger partial charge is 0.491 e. The molecule has 1 fully saturated rings. The number of rotatable bonds is 3. The standard InChI is InChI=1S/C13H16N2O4S/c1-15-11-8-10(20(17,18)14-9-2-3-9)4-5-12(11)19-7-6-13(15)16/h4-5,8-9,14H,2-3,6-7H2,1H3. The van der Waals surface area contributed by atoms with Gasteiger partial charge in [0.05, 0.1) is 23.6 Å². The van der Waals surface area contributed by atoms with Crippen LogP contribution in [-0.4, -0.2) is 34.0 Å². The van der Waals surface area contributed by atoms with Crippen LogP contribution >= 0.6 is 0 Å². The zero-order valence-corrected chi connectivity index (χ0v) is 11.9. The van der Waals surface area contributed by atoms with Crippen molar-refractivity contribution in [3.63, 3.8) is 0 Å². The van der Waals surface area contributed by atoms with Crippen LogP contribution in [0.15, 0.2) is 23.1 Å². The normalized spacial score (nSPS) is 19.2. The molecule has 0 atom stereocenters. The zero-order valence-electron chi connectivity index (χ0n) is 11.1. The Balaban J connectivity index is 1.99. The van der Waals surface area contributed by atoms with Crippen molar-refractivity contribution in [2.75, 3.05) is 18.6 Å². The number of fused-ring (bicyclic) bond motifs is 1. The maximum absolute atomic E-state index is 12.2. The summed E-state index contributed by atoms with van der Waals surface area (Å²) in [5, 5.41) is 0. The number of sulfonamides is 1. The maximum Gasteiger partial charge on any atom is 0.240 e. The molecule has 0 unspecified atom stereocenters. The predicted molar refractivity (Wildman–Crippen MR) is 73.3 cm³/mol. The number of benzene rings is 1. The van der Waals surface area contributed by atoms with Crippen LogP contribution in [0.25, 0.3) is 0 Å². The van der Waals surface area contributed by atoms with Gasteiger partial charge in [-0.3, -0.25) is 4.79 Å². The molecule has 0 bridgehead atoms. The predicted octanol–water partition coefficient (Wildman–Crippen LogP) is 0.873. The first-order valence-electron chi connectivity index (χ1n) is 6.53. The van der Waals surface area contributed by atoms with Crippen LogP contribution in [0.2, 0.25) is 0 Å². The molecule has 0 radical (unpaired) electrons. The molecule has 0 saturated heterocycles. The Hall–Kier alpha value is -1.60. The summed E-state index contributed by atoms with van der Waals surface area (Å²) in [5.74, 6) is 0.442. The highest BCUT2D eigenvalue weighted by Gasteiger charge is 2.29. The number of nitrogens with zero attached hydrogens (tertiary/aromatic N) is 1. The van der Waals surface area contributed by atoms with E-state index in [-0.39, 0.29) is 23.3 Å². The lowest BCUT2D eigenvalue weighted by Gasteiger charge is -2.17. The summed E-state index contributed by atoms with van der Waals surface area (Å²) in [6.07, 6.45) is 2.05. The Kier molecular flexibility index (Phi) is 3.18. The monoisotopic (exact) mass is 296 g/mol. The first kappa shape index (κ1) is 13.4. The van der Waals surface area contributed by atoms with Crippen LogP contribution < -0.4 is 14.4 Å². The van der Waals surface area contributed by atoms with Gasteiger partial charge in [0.15, 0.2) is 0 Å². The average Bonchev–Trinajstić information content (AvgIpc) is 3.21. The summed E-state index contributed by atoms with van der Waals surface area (Å²) in [4.78, 5) is 13.4. The van der Waals surface area contributed by atoms with Crippen molar-refractivity contribution >= 4 is 21.6 Å². The molecule has 7 heteroatoms. The summed E-state index contributed by atoms with van der Waals surface area (Å²) in [6.45, 7) is 0.308. The molecular formula is C13H16N2O4S. The van der Waals surface area contributed by atoms with Gasteiger partial charge >= 0.3 is 0 Å². The number of hydrogen-bond acceptors (Lipinski definition) is 4. The molecule has 1 amide bonds. The molecule has 108 valence electrons. The van der Waals surface area contributed by atoms with Crippen molar-refractivity contribution in [3.8, 4) is 5.75 Å². The zero-order chi connectivity index (χ0) is 14.3. The summed E-state index contributed by atoms with van der Waals surface area (Å²) in [5.41, 5.74) is 0.492. The summed E-state index contributed by atoms with van der Waals surface area (Å²) >= 11 is 0. The second-order valence-electron chi connectivity index (χ2n) is 5.08. The fraction of sp³-hybridized carbons (Fsp3) is 0.462. The Morgan fingerprint density at radius 3 is 2.80 bits per heavy atom. The second-order valence-corrected chi connectivity index (χ2v) is 6.79. The lowest BCUT2D eigenvalue weighted by Crippen LogP contribution is -2.27. The first-order valence-corrected chi connectivity index (χ1v) is 8.01. The summed E-state index contributed by atoms with van der Waals surface area (Å²) < 4.78 is 32.5. The fourth-order valence-corrected chi connectivity index (χ4v) is 3.41. The lowest BCUT2D eigenvalue weighted by atomic mass is 10.2. The molecule has 1 aliphatic heterocycles. The van der Waals surface area contributed by atoms with Gasteiger partial charge in [-0.05, 0) is 31.0 Å². The third-order valence-corrected chi connectivity index (χ3v) is 4.97. The van der Waals surface area contributed by atoms with Gasteiger partial charge in [-0.1, -0.05) is 0 Å². The van der Waals surface area contributed by atoms with E-state index in [1.165, 1.54) is 17.0 Å². The molecule has 6 nitrogen and oxygen atoms in total. The SMILES string of the molecule is CN1C(=O)CCOc2ccc(S(=O)(=O)NC3CC3)cc21. The molecule has 0 aromatic heterocycles. The van der Waals surface area contributed by atoms with Crippen LogP contribution in [0.1, 0.15) is 19.3 Å². The Morgan fingerprint density at radius 1 is 1.35 bits per heavy atom. The molecular weight excluding hydrogens is 280 g/mol. The van der Waals surface area contributed by atoms with Crippen LogP contribution in [0.3, 0.4) is 0 Å². The Morgan fingerprint density at radius 2 is 2.10 bits per heavy atom. The quantitative estimate of drug-likeness (QED) is 0.898. The van der Waals surface area contributed by atoms with Crippen molar-refractivity contribution in [2.24, 2.45) is 0 Å². The molecule has 3 rings (SSSR count). The van der Waals surface area contributed by atoms with Gasteiger partial charge in [-0.15, -0.1) is 0 Å². The van der Waals surface area contributed by atoms with Crippen molar-refractivity contribution < 1.29 is 17.9 Å². The highest BCUT2D eigenvalue weighted by Crippen LogP contribution is 2.33. The third kappa shape index (κ3) is 2.51. The minimum absolute atomic E-state index is 0.0504. The number of carbonyl (C=O) groups excluding carboxylic acids is 1. The Labute approximate surface area is 117 Å². The van der Waals surface area contributed by atoms with E-state index in [1.54, 1.807) is 13.1 Å². The van der Waals surface area contributed by atoms with E-state index in [0.29, 0.717) is 18.0 Å². The van der Waals surface area contributed by atoms with Gasteiger partial charge < -0.3 is 9.64 Å². The highest BCUT2D eigenvalue weighted by molar-refractivity contribution is 7.89. The minimum atomic E-state index is -3.53. The minimum Gasteiger partial charge on any atom is -0.491 e. The van der Waals surface area contributed by atoms with E-state index in [1.807, 2.05) is 0 Å².